The molecule has 0 aliphatic heterocycles. The minimum Gasteiger partial charge on any atom is -0.457 e. The molecular weight excluding hydrogens is 296 g/mol. The number of ether oxygens (including phenoxy) is 1. The number of amides is 2. The average Bonchev–Trinajstić information content (AvgIpc) is 2.58. The topological polar surface area (TPSA) is 115 Å². The van der Waals surface area contributed by atoms with Crippen molar-refractivity contribution in [2.75, 3.05) is 10.6 Å². The lowest BCUT2D eigenvalue weighted by Gasteiger charge is -2.08. The van der Waals surface area contributed by atoms with Gasteiger partial charge in [-0.2, -0.15) is 10.5 Å². The lowest BCUT2D eigenvalue weighted by atomic mass is 10.3. The molecule has 2 amide bonds. The number of anilines is 2. The minimum atomic E-state index is -0.742. The molecule has 112 valence electrons. The standard InChI is InChI=1S/C16H10N4O3/c17-9-15(21)19-11-1-5-13(6-2-11)23-14-7-3-12(4-8-14)20-16(22)10-18/h1-8H,(H,19,21)(H,20,22). The van der Waals surface area contributed by atoms with Gasteiger partial charge in [0.2, 0.25) is 0 Å². The summed E-state index contributed by atoms with van der Waals surface area (Å²) in [7, 11) is 0. The van der Waals surface area contributed by atoms with E-state index in [4.69, 9.17) is 15.3 Å². The van der Waals surface area contributed by atoms with Crippen molar-refractivity contribution >= 4 is 23.2 Å². The number of nitrogens with zero attached hydrogens (tertiary/aromatic N) is 2. The zero-order valence-electron chi connectivity index (χ0n) is 11.7. The minimum absolute atomic E-state index is 0.485. The van der Waals surface area contributed by atoms with Gasteiger partial charge < -0.3 is 15.4 Å². The van der Waals surface area contributed by atoms with E-state index < -0.39 is 11.8 Å². The lowest BCUT2D eigenvalue weighted by molar-refractivity contribution is -0.112. The quantitative estimate of drug-likeness (QED) is 0.841. The highest BCUT2D eigenvalue weighted by molar-refractivity contribution is 6.02. The zero-order chi connectivity index (χ0) is 16.7. The molecule has 2 aromatic rings. The van der Waals surface area contributed by atoms with Gasteiger partial charge in [0, 0.05) is 11.4 Å². The van der Waals surface area contributed by atoms with Crippen molar-refractivity contribution < 1.29 is 14.3 Å². The van der Waals surface area contributed by atoms with Crippen LogP contribution in [0.2, 0.25) is 0 Å². The van der Waals surface area contributed by atoms with Crippen LogP contribution in [-0.4, -0.2) is 11.8 Å². The maximum Gasteiger partial charge on any atom is 0.326 e. The van der Waals surface area contributed by atoms with E-state index in [0.29, 0.717) is 22.9 Å². The smallest absolute Gasteiger partial charge is 0.326 e. The van der Waals surface area contributed by atoms with Crippen LogP contribution in [0.5, 0.6) is 11.5 Å². The zero-order valence-corrected chi connectivity index (χ0v) is 11.7. The first-order valence-corrected chi connectivity index (χ1v) is 6.41. The van der Waals surface area contributed by atoms with Crippen molar-refractivity contribution in [3.8, 4) is 23.6 Å². The van der Waals surface area contributed by atoms with E-state index in [2.05, 4.69) is 10.6 Å². The van der Waals surface area contributed by atoms with Gasteiger partial charge in [-0.3, -0.25) is 9.59 Å². The van der Waals surface area contributed by atoms with Gasteiger partial charge in [0.1, 0.15) is 11.5 Å². The van der Waals surface area contributed by atoms with Crippen LogP contribution in [0.25, 0.3) is 0 Å². The fraction of sp³-hybridized carbons (Fsp3) is 0. The van der Waals surface area contributed by atoms with E-state index >= 15 is 0 Å². The third kappa shape index (κ3) is 4.59. The number of rotatable bonds is 4. The highest BCUT2D eigenvalue weighted by Gasteiger charge is 2.03. The Bertz CT molecular complexity index is 730. The van der Waals surface area contributed by atoms with Crippen molar-refractivity contribution in [1.82, 2.24) is 0 Å². The van der Waals surface area contributed by atoms with Crippen molar-refractivity contribution in [2.45, 2.75) is 0 Å². The van der Waals surface area contributed by atoms with Crippen molar-refractivity contribution in [2.24, 2.45) is 0 Å². The molecule has 0 saturated carbocycles. The molecule has 0 spiro atoms. The van der Waals surface area contributed by atoms with E-state index in [1.807, 2.05) is 0 Å². The van der Waals surface area contributed by atoms with E-state index in [-0.39, 0.29) is 0 Å². The summed E-state index contributed by atoms with van der Waals surface area (Å²) in [5.41, 5.74) is 0.969. The summed E-state index contributed by atoms with van der Waals surface area (Å²) in [6, 6.07) is 15.9. The monoisotopic (exact) mass is 306 g/mol. The number of nitrogens with one attached hydrogen (secondary N) is 2. The van der Waals surface area contributed by atoms with Gasteiger partial charge >= 0.3 is 11.8 Å². The largest absolute Gasteiger partial charge is 0.457 e. The van der Waals surface area contributed by atoms with Gasteiger partial charge in [0.05, 0.1) is 0 Å². The molecule has 0 saturated heterocycles. The first kappa shape index (κ1) is 15.5. The number of benzene rings is 2. The molecule has 7 nitrogen and oxygen atoms in total. The predicted molar refractivity (Wildman–Crippen MR) is 81.4 cm³/mol. The maximum atomic E-state index is 10.9. The Kier molecular flexibility index (Phi) is 4.90. The van der Waals surface area contributed by atoms with Gasteiger partial charge in [0.25, 0.3) is 0 Å². The molecule has 0 bridgehead atoms. The molecule has 0 radical (unpaired) electrons. The Hall–Kier alpha value is -3.84. The predicted octanol–water partition coefficient (Wildman–Crippen LogP) is 2.40. The maximum absolute atomic E-state index is 10.9. The van der Waals surface area contributed by atoms with Crippen LogP contribution in [-0.2, 0) is 9.59 Å². The summed E-state index contributed by atoms with van der Waals surface area (Å²) < 4.78 is 5.60. The van der Waals surface area contributed by atoms with Crippen LogP contribution in [0, 0.1) is 22.7 Å². The third-order valence-electron chi connectivity index (χ3n) is 2.66. The molecule has 7 heteroatoms. The Morgan fingerprint density at radius 2 is 1.09 bits per heavy atom. The van der Waals surface area contributed by atoms with Gasteiger partial charge in [-0.05, 0) is 48.5 Å². The van der Waals surface area contributed by atoms with Gasteiger partial charge in [-0.1, -0.05) is 0 Å². The molecule has 2 aromatic carbocycles. The van der Waals surface area contributed by atoms with Crippen LogP contribution < -0.4 is 15.4 Å². The normalized spacial score (nSPS) is 9.13. The average molecular weight is 306 g/mol. The molecular formula is C16H10N4O3. The summed E-state index contributed by atoms with van der Waals surface area (Å²) in [5, 5.41) is 21.6. The molecule has 0 aliphatic rings. The van der Waals surface area contributed by atoms with Crippen LogP contribution in [0.1, 0.15) is 0 Å². The summed E-state index contributed by atoms with van der Waals surface area (Å²) in [6.45, 7) is 0. The Labute approximate surface area is 131 Å². The summed E-state index contributed by atoms with van der Waals surface area (Å²) in [6.07, 6.45) is 0. The van der Waals surface area contributed by atoms with Crippen LogP contribution >= 0.6 is 0 Å². The Morgan fingerprint density at radius 1 is 0.739 bits per heavy atom. The van der Waals surface area contributed by atoms with Crippen molar-refractivity contribution in [3.63, 3.8) is 0 Å². The van der Waals surface area contributed by atoms with E-state index in [1.54, 1.807) is 48.5 Å². The third-order valence-corrected chi connectivity index (χ3v) is 2.66. The SMILES string of the molecule is N#CC(=O)Nc1ccc(Oc2ccc(NC(=O)C#N)cc2)cc1. The van der Waals surface area contributed by atoms with Crippen molar-refractivity contribution in [3.05, 3.63) is 48.5 Å². The number of hydrogen-bond acceptors (Lipinski definition) is 5. The van der Waals surface area contributed by atoms with Crippen LogP contribution in [0.4, 0.5) is 11.4 Å². The van der Waals surface area contributed by atoms with E-state index in [0.717, 1.165) is 0 Å². The molecule has 0 heterocycles. The summed E-state index contributed by atoms with van der Waals surface area (Å²) in [5.74, 6) is -0.412. The Balaban J connectivity index is 1.99. The Morgan fingerprint density at radius 3 is 1.39 bits per heavy atom. The molecule has 0 fully saturated rings. The number of nitriles is 2. The first-order valence-electron chi connectivity index (χ1n) is 6.41. The second-order valence-electron chi connectivity index (χ2n) is 4.28. The lowest BCUT2D eigenvalue weighted by Crippen LogP contribution is -2.07. The van der Waals surface area contributed by atoms with Gasteiger partial charge in [0.15, 0.2) is 12.1 Å². The van der Waals surface area contributed by atoms with Crippen LogP contribution in [0.15, 0.2) is 48.5 Å². The molecule has 2 N–H and O–H groups in total. The highest BCUT2D eigenvalue weighted by atomic mass is 16.5. The number of carbonyl (C=O) groups excluding carboxylic acids is 2. The summed E-state index contributed by atoms with van der Waals surface area (Å²) in [4.78, 5) is 21.9. The molecule has 23 heavy (non-hydrogen) atoms. The molecule has 0 atom stereocenters. The van der Waals surface area contributed by atoms with Gasteiger partial charge in [-0.25, -0.2) is 0 Å². The number of hydrogen-bond donors (Lipinski definition) is 2. The van der Waals surface area contributed by atoms with Crippen LogP contribution in [0.3, 0.4) is 0 Å². The molecule has 0 aliphatic carbocycles. The molecule has 0 unspecified atom stereocenters. The van der Waals surface area contributed by atoms with E-state index in [1.165, 1.54) is 12.1 Å². The molecule has 0 aromatic heterocycles. The second-order valence-corrected chi connectivity index (χ2v) is 4.28. The fourth-order valence-corrected chi connectivity index (χ4v) is 1.67. The van der Waals surface area contributed by atoms with E-state index in [9.17, 15) is 9.59 Å². The first-order chi connectivity index (χ1) is 11.1. The summed E-state index contributed by atoms with van der Waals surface area (Å²) >= 11 is 0. The molecule has 2 rings (SSSR count). The van der Waals surface area contributed by atoms with Crippen molar-refractivity contribution in [1.29, 1.82) is 10.5 Å². The fourth-order valence-electron chi connectivity index (χ4n) is 1.67. The number of carbonyl (C=O) groups is 2. The highest BCUT2D eigenvalue weighted by Crippen LogP contribution is 2.24. The van der Waals surface area contributed by atoms with Gasteiger partial charge in [-0.15, -0.1) is 0 Å². The second kappa shape index (κ2) is 7.25.